The van der Waals surface area contributed by atoms with Crippen molar-refractivity contribution < 1.29 is 18.7 Å². The topological polar surface area (TPSA) is 84.7 Å². The van der Waals surface area contributed by atoms with E-state index in [4.69, 9.17) is 10.5 Å². The Hall–Kier alpha value is -2.15. The van der Waals surface area contributed by atoms with Gasteiger partial charge in [0.1, 0.15) is 0 Å². The average molecular weight is 307 g/mol. The summed E-state index contributed by atoms with van der Waals surface area (Å²) in [5.41, 5.74) is 6.65. The Labute approximate surface area is 127 Å². The second kappa shape index (κ2) is 5.57. The fraction of sp³-hybridized carbons (Fsp3) is 0.467. The Morgan fingerprint density at radius 1 is 1.36 bits per heavy atom. The zero-order valence-corrected chi connectivity index (χ0v) is 12.3. The molecule has 2 saturated heterocycles. The molecule has 2 aliphatic heterocycles. The lowest BCUT2D eigenvalue weighted by molar-refractivity contribution is -0.134. The summed E-state index contributed by atoms with van der Waals surface area (Å²) in [4.78, 5) is 25.1. The van der Waals surface area contributed by atoms with Crippen molar-refractivity contribution in [1.29, 1.82) is 0 Å². The van der Waals surface area contributed by atoms with Crippen molar-refractivity contribution in [3.8, 4) is 5.75 Å². The summed E-state index contributed by atoms with van der Waals surface area (Å²) in [5, 5.41) is 2.25. The van der Waals surface area contributed by atoms with E-state index in [2.05, 4.69) is 5.32 Å². The van der Waals surface area contributed by atoms with Gasteiger partial charge in [-0.1, -0.05) is 6.07 Å². The summed E-state index contributed by atoms with van der Waals surface area (Å²) in [5.74, 6) is -1.88. The van der Waals surface area contributed by atoms with Gasteiger partial charge in [-0.25, -0.2) is 4.39 Å². The summed E-state index contributed by atoms with van der Waals surface area (Å²) in [6.45, 7) is 1.29. The maximum absolute atomic E-state index is 14.8. The zero-order valence-electron chi connectivity index (χ0n) is 12.3. The van der Waals surface area contributed by atoms with Crippen LogP contribution in [-0.2, 0) is 9.59 Å². The predicted molar refractivity (Wildman–Crippen MR) is 78.3 cm³/mol. The number of hydrogen-bond acceptors (Lipinski definition) is 5. The van der Waals surface area contributed by atoms with Gasteiger partial charge in [0.15, 0.2) is 11.6 Å². The number of imide groups is 1. The number of anilines is 1. The number of halogens is 1. The van der Waals surface area contributed by atoms with Crippen molar-refractivity contribution in [3.05, 3.63) is 23.5 Å². The van der Waals surface area contributed by atoms with Crippen LogP contribution in [0.25, 0.3) is 0 Å². The summed E-state index contributed by atoms with van der Waals surface area (Å²) in [6.07, 6.45) is 0.513. The lowest BCUT2D eigenvalue weighted by Crippen LogP contribution is -2.56. The molecule has 2 aliphatic rings. The normalized spacial score (nSPS) is 22.3. The number of methoxy groups -OCH3 is 1. The van der Waals surface area contributed by atoms with E-state index in [1.807, 2.05) is 4.90 Å². The molecular weight excluding hydrogens is 289 g/mol. The van der Waals surface area contributed by atoms with Crippen LogP contribution in [0.5, 0.6) is 5.75 Å². The highest BCUT2D eigenvalue weighted by molar-refractivity contribution is 6.01. The summed E-state index contributed by atoms with van der Waals surface area (Å²) < 4.78 is 20.0. The van der Waals surface area contributed by atoms with Crippen LogP contribution in [0.15, 0.2) is 12.1 Å². The molecule has 1 atom stereocenters. The standard InChI is InChI=1S/C15H18FN3O3/c1-22-14-11(19-6-8(17)7-19)4-2-9(13(14)16)10-3-5-12(20)18-15(10)21/h2,4,8,10H,3,5-7,17H2,1H3,(H,18,20,21). The monoisotopic (exact) mass is 307 g/mol. The van der Waals surface area contributed by atoms with Crippen LogP contribution in [0, 0.1) is 5.82 Å². The molecule has 0 aliphatic carbocycles. The molecule has 2 amide bonds. The quantitative estimate of drug-likeness (QED) is 0.795. The van der Waals surface area contributed by atoms with Gasteiger partial charge >= 0.3 is 0 Å². The fourth-order valence-corrected chi connectivity index (χ4v) is 2.97. The van der Waals surface area contributed by atoms with Gasteiger partial charge in [-0.2, -0.15) is 0 Å². The first-order chi connectivity index (χ1) is 10.5. The van der Waals surface area contributed by atoms with Crippen LogP contribution in [0.3, 0.4) is 0 Å². The molecule has 0 saturated carbocycles. The molecule has 3 rings (SSSR count). The van der Waals surface area contributed by atoms with E-state index in [9.17, 15) is 14.0 Å². The summed E-state index contributed by atoms with van der Waals surface area (Å²) in [6, 6.07) is 3.42. The third kappa shape index (κ3) is 2.41. The molecular formula is C15H18FN3O3. The lowest BCUT2D eigenvalue weighted by Gasteiger charge is -2.39. The zero-order chi connectivity index (χ0) is 15.9. The van der Waals surface area contributed by atoms with Crippen LogP contribution in [0.4, 0.5) is 10.1 Å². The van der Waals surface area contributed by atoms with Crippen molar-refractivity contribution in [3.63, 3.8) is 0 Å². The molecule has 0 bridgehead atoms. The van der Waals surface area contributed by atoms with E-state index in [0.717, 1.165) is 0 Å². The number of carbonyl (C=O) groups is 2. The molecule has 0 spiro atoms. The van der Waals surface area contributed by atoms with Gasteiger partial charge in [0.2, 0.25) is 11.8 Å². The van der Waals surface area contributed by atoms with Crippen LogP contribution in [0.2, 0.25) is 0 Å². The number of nitrogens with two attached hydrogens (primary N) is 1. The molecule has 0 radical (unpaired) electrons. The Morgan fingerprint density at radius 2 is 2.09 bits per heavy atom. The summed E-state index contributed by atoms with van der Waals surface area (Å²) >= 11 is 0. The molecule has 22 heavy (non-hydrogen) atoms. The van der Waals surface area contributed by atoms with Gasteiger partial charge in [-0.15, -0.1) is 0 Å². The predicted octanol–water partition coefficient (Wildman–Crippen LogP) is 0.502. The molecule has 0 aromatic heterocycles. The highest BCUT2D eigenvalue weighted by Gasteiger charge is 2.33. The molecule has 7 heteroatoms. The number of ether oxygens (including phenoxy) is 1. The van der Waals surface area contributed by atoms with Gasteiger partial charge in [-0.05, 0) is 12.5 Å². The van der Waals surface area contributed by atoms with Crippen molar-refractivity contribution in [2.45, 2.75) is 24.8 Å². The van der Waals surface area contributed by atoms with E-state index in [1.54, 1.807) is 12.1 Å². The number of carbonyl (C=O) groups excluding carboxylic acids is 2. The van der Waals surface area contributed by atoms with E-state index in [1.165, 1.54) is 7.11 Å². The first-order valence-corrected chi connectivity index (χ1v) is 7.22. The minimum absolute atomic E-state index is 0.0857. The Bertz CT molecular complexity index is 629. The smallest absolute Gasteiger partial charge is 0.234 e. The minimum atomic E-state index is -0.667. The Morgan fingerprint density at radius 3 is 2.68 bits per heavy atom. The number of piperidine rings is 1. The summed E-state index contributed by atoms with van der Waals surface area (Å²) in [7, 11) is 1.40. The third-order valence-corrected chi connectivity index (χ3v) is 4.18. The van der Waals surface area contributed by atoms with Crippen molar-refractivity contribution >= 4 is 17.5 Å². The van der Waals surface area contributed by atoms with Crippen molar-refractivity contribution in [2.24, 2.45) is 5.73 Å². The van der Waals surface area contributed by atoms with Crippen molar-refractivity contribution in [1.82, 2.24) is 5.32 Å². The number of amides is 2. The molecule has 3 N–H and O–H groups in total. The SMILES string of the molecule is COc1c(N2CC(N)C2)ccc(C2CCC(=O)NC2=O)c1F. The molecule has 2 fully saturated rings. The number of rotatable bonds is 3. The first-order valence-electron chi connectivity index (χ1n) is 7.22. The van der Waals surface area contributed by atoms with Gasteiger partial charge in [0, 0.05) is 31.1 Å². The van der Waals surface area contributed by atoms with Crippen LogP contribution in [-0.4, -0.2) is 38.1 Å². The van der Waals surface area contributed by atoms with E-state index >= 15 is 0 Å². The van der Waals surface area contributed by atoms with Gasteiger partial charge in [0.25, 0.3) is 0 Å². The number of nitrogens with one attached hydrogen (secondary N) is 1. The molecule has 6 nitrogen and oxygen atoms in total. The van der Waals surface area contributed by atoms with E-state index < -0.39 is 17.6 Å². The first kappa shape index (κ1) is 14.8. The molecule has 118 valence electrons. The molecule has 1 unspecified atom stereocenters. The number of nitrogens with zero attached hydrogens (tertiary/aromatic N) is 1. The lowest BCUT2D eigenvalue weighted by atomic mass is 9.89. The third-order valence-electron chi connectivity index (χ3n) is 4.18. The number of benzene rings is 1. The highest BCUT2D eigenvalue weighted by Crippen LogP contribution is 2.39. The molecule has 1 aromatic rings. The fourth-order valence-electron chi connectivity index (χ4n) is 2.97. The van der Waals surface area contributed by atoms with Gasteiger partial charge in [-0.3, -0.25) is 14.9 Å². The highest BCUT2D eigenvalue weighted by atomic mass is 19.1. The Balaban J connectivity index is 1.93. The van der Waals surface area contributed by atoms with E-state index in [-0.39, 0.29) is 29.7 Å². The van der Waals surface area contributed by atoms with Gasteiger partial charge < -0.3 is 15.4 Å². The van der Waals surface area contributed by atoms with E-state index in [0.29, 0.717) is 25.2 Å². The maximum atomic E-state index is 14.8. The molecule has 1 aromatic carbocycles. The van der Waals surface area contributed by atoms with Crippen LogP contribution < -0.4 is 20.7 Å². The largest absolute Gasteiger partial charge is 0.492 e. The van der Waals surface area contributed by atoms with Crippen molar-refractivity contribution in [2.75, 3.05) is 25.1 Å². The Kier molecular flexibility index (Phi) is 3.74. The van der Waals surface area contributed by atoms with Crippen LogP contribution in [0.1, 0.15) is 24.3 Å². The van der Waals surface area contributed by atoms with Crippen LogP contribution >= 0.6 is 0 Å². The number of hydrogen-bond donors (Lipinski definition) is 2. The second-order valence-electron chi connectivity index (χ2n) is 5.69. The minimum Gasteiger partial charge on any atom is -0.492 e. The second-order valence-corrected chi connectivity index (χ2v) is 5.69. The average Bonchev–Trinajstić information content (AvgIpc) is 2.44. The van der Waals surface area contributed by atoms with Gasteiger partial charge in [0.05, 0.1) is 18.7 Å². The molecule has 2 heterocycles. The maximum Gasteiger partial charge on any atom is 0.234 e.